The summed E-state index contributed by atoms with van der Waals surface area (Å²) in [4.78, 5) is 0. The summed E-state index contributed by atoms with van der Waals surface area (Å²) in [7, 11) is -2.38. The Balaban J connectivity index is 4.23. The van der Waals surface area contributed by atoms with Gasteiger partial charge in [-0.2, -0.15) is 30.7 Å². The quantitative estimate of drug-likeness (QED) is 0.216. The van der Waals surface area contributed by atoms with Crippen LogP contribution in [0.15, 0.2) is 0 Å². The fourth-order valence-electron chi connectivity index (χ4n) is 2.27. The average Bonchev–Trinajstić information content (AvgIpc) is 2.33. The van der Waals surface area contributed by atoms with Crippen LogP contribution in [0.3, 0.4) is 0 Å². The van der Waals surface area contributed by atoms with E-state index in [9.17, 15) is 30.7 Å². The molecule has 0 amide bonds. The third-order valence-corrected chi connectivity index (χ3v) is 4.54. The maximum Gasteiger partial charge on any atom is 0.389 e. The molecule has 24 heavy (non-hydrogen) atoms. The number of halogens is 7. The zero-order valence-corrected chi connectivity index (χ0v) is 15.6. The Morgan fingerprint density at radius 3 is 1.58 bits per heavy atom. The molecule has 1 nitrogen and oxygen atoms in total. The van der Waals surface area contributed by atoms with Crippen molar-refractivity contribution in [3.05, 3.63) is 0 Å². The lowest BCUT2D eigenvalue weighted by Gasteiger charge is -2.34. The van der Waals surface area contributed by atoms with Crippen molar-refractivity contribution in [1.29, 1.82) is 0 Å². The standard InChI is InChI=1S/C15H27F7OSi/c1-12(23-24(2,3)4)15(21,22)13(16,17)10-8-6-5-7-9-11-14(18,19)20/h12H,5-11H2,1-4H3. The molecule has 0 heterocycles. The SMILES string of the molecule is CC(O[Si](C)(C)C)C(F)(F)C(F)(F)CCCCCCCC(F)(F)F. The monoisotopic (exact) mass is 384 g/mol. The first-order valence-corrected chi connectivity index (χ1v) is 11.5. The van der Waals surface area contributed by atoms with Crippen molar-refractivity contribution in [3.63, 3.8) is 0 Å². The Morgan fingerprint density at radius 1 is 0.750 bits per heavy atom. The van der Waals surface area contributed by atoms with Gasteiger partial charge in [-0.05, 0) is 39.4 Å². The Kier molecular flexibility index (Phi) is 8.75. The highest BCUT2D eigenvalue weighted by molar-refractivity contribution is 6.69. The van der Waals surface area contributed by atoms with Gasteiger partial charge < -0.3 is 4.43 Å². The number of unbranched alkanes of at least 4 members (excludes halogenated alkanes) is 4. The highest BCUT2D eigenvalue weighted by Gasteiger charge is 2.59. The molecule has 0 saturated carbocycles. The second-order valence-corrected chi connectivity index (χ2v) is 11.5. The first-order valence-electron chi connectivity index (χ1n) is 8.09. The summed E-state index contributed by atoms with van der Waals surface area (Å²) in [6.07, 6.45) is -7.48. The van der Waals surface area contributed by atoms with Crippen LogP contribution in [0.2, 0.25) is 19.6 Å². The van der Waals surface area contributed by atoms with Crippen molar-refractivity contribution in [2.75, 3.05) is 0 Å². The van der Waals surface area contributed by atoms with E-state index in [4.69, 9.17) is 4.43 Å². The maximum absolute atomic E-state index is 13.9. The normalized spacial score (nSPS) is 15.6. The predicted molar refractivity (Wildman–Crippen MR) is 82.2 cm³/mol. The minimum atomic E-state index is -4.27. The Morgan fingerprint density at radius 2 is 1.17 bits per heavy atom. The van der Waals surface area contributed by atoms with E-state index in [0.717, 1.165) is 6.92 Å². The van der Waals surface area contributed by atoms with E-state index in [2.05, 4.69) is 0 Å². The van der Waals surface area contributed by atoms with E-state index in [1.54, 1.807) is 19.6 Å². The van der Waals surface area contributed by atoms with E-state index < -0.39 is 45.3 Å². The Labute approximate surface area is 140 Å². The summed E-state index contributed by atoms with van der Waals surface area (Å²) in [5.74, 6) is -8.47. The number of alkyl halides is 7. The molecule has 146 valence electrons. The van der Waals surface area contributed by atoms with Crippen molar-refractivity contribution >= 4 is 8.32 Å². The molecule has 0 spiro atoms. The van der Waals surface area contributed by atoms with Crippen LogP contribution in [0.25, 0.3) is 0 Å². The molecule has 0 aromatic heterocycles. The van der Waals surface area contributed by atoms with Gasteiger partial charge in [0.2, 0.25) is 0 Å². The average molecular weight is 384 g/mol. The van der Waals surface area contributed by atoms with Gasteiger partial charge in [-0.3, -0.25) is 0 Å². The topological polar surface area (TPSA) is 9.23 Å². The van der Waals surface area contributed by atoms with Gasteiger partial charge >= 0.3 is 18.0 Å². The third-order valence-electron chi connectivity index (χ3n) is 3.48. The molecule has 0 aromatic carbocycles. The summed E-state index contributed by atoms with van der Waals surface area (Å²) in [5, 5.41) is 0. The van der Waals surface area contributed by atoms with Crippen molar-refractivity contribution in [1.82, 2.24) is 0 Å². The van der Waals surface area contributed by atoms with Crippen LogP contribution < -0.4 is 0 Å². The molecule has 0 aliphatic carbocycles. The van der Waals surface area contributed by atoms with Gasteiger partial charge in [-0.25, -0.2) is 0 Å². The number of hydrogen-bond acceptors (Lipinski definition) is 1. The van der Waals surface area contributed by atoms with E-state index in [-0.39, 0.29) is 25.7 Å². The van der Waals surface area contributed by atoms with Gasteiger partial charge in [0.25, 0.3) is 0 Å². The van der Waals surface area contributed by atoms with Gasteiger partial charge in [-0.15, -0.1) is 0 Å². The molecule has 1 atom stereocenters. The molecule has 9 heteroatoms. The first kappa shape index (κ1) is 23.7. The minimum Gasteiger partial charge on any atom is -0.409 e. The fourth-order valence-corrected chi connectivity index (χ4v) is 3.48. The minimum absolute atomic E-state index is 0.0723. The number of hydrogen-bond donors (Lipinski definition) is 0. The molecule has 0 aromatic rings. The van der Waals surface area contributed by atoms with Crippen molar-refractivity contribution < 1.29 is 35.2 Å². The molecule has 0 saturated heterocycles. The molecular weight excluding hydrogens is 357 g/mol. The maximum atomic E-state index is 13.9. The first-order chi connectivity index (χ1) is 10.6. The van der Waals surface area contributed by atoms with Gasteiger partial charge in [0.15, 0.2) is 8.32 Å². The largest absolute Gasteiger partial charge is 0.409 e. The molecule has 0 bridgehead atoms. The molecule has 0 N–H and O–H groups in total. The zero-order chi connectivity index (χ0) is 19.2. The summed E-state index contributed by atoms with van der Waals surface area (Å²) < 4.78 is 96.3. The van der Waals surface area contributed by atoms with Crippen LogP contribution in [0.1, 0.15) is 51.9 Å². The molecule has 0 radical (unpaired) electrons. The van der Waals surface area contributed by atoms with Crippen LogP contribution in [-0.4, -0.2) is 32.4 Å². The lowest BCUT2D eigenvalue weighted by Crippen LogP contribution is -2.52. The van der Waals surface area contributed by atoms with Crippen LogP contribution >= 0.6 is 0 Å². The van der Waals surface area contributed by atoms with Crippen LogP contribution in [0.5, 0.6) is 0 Å². The van der Waals surface area contributed by atoms with Gasteiger partial charge in [-0.1, -0.05) is 19.3 Å². The smallest absolute Gasteiger partial charge is 0.389 e. The molecule has 0 aliphatic heterocycles. The molecule has 1 unspecified atom stereocenters. The zero-order valence-electron chi connectivity index (χ0n) is 14.6. The third kappa shape index (κ3) is 9.24. The highest BCUT2D eigenvalue weighted by Crippen LogP contribution is 2.42. The lowest BCUT2D eigenvalue weighted by molar-refractivity contribution is -0.248. The Hall–Kier alpha value is -0.313. The van der Waals surface area contributed by atoms with Crippen molar-refractivity contribution in [2.24, 2.45) is 0 Å². The van der Waals surface area contributed by atoms with E-state index in [1.165, 1.54) is 0 Å². The highest BCUT2D eigenvalue weighted by atomic mass is 28.4. The molecule has 0 rings (SSSR count). The second-order valence-electron chi connectivity index (χ2n) is 7.08. The van der Waals surface area contributed by atoms with Gasteiger partial charge in [0.05, 0.1) is 0 Å². The van der Waals surface area contributed by atoms with Gasteiger partial charge in [0, 0.05) is 12.8 Å². The van der Waals surface area contributed by atoms with Crippen molar-refractivity contribution in [3.8, 4) is 0 Å². The molecular formula is C15H27F7OSi. The lowest BCUT2D eigenvalue weighted by atomic mass is 9.99. The molecule has 0 aliphatic rings. The number of rotatable bonds is 11. The summed E-state index contributed by atoms with van der Waals surface area (Å²) in [5.41, 5.74) is 0. The van der Waals surface area contributed by atoms with Crippen LogP contribution in [-0.2, 0) is 4.43 Å². The molecule has 0 fully saturated rings. The summed E-state index contributed by atoms with van der Waals surface area (Å²) >= 11 is 0. The van der Waals surface area contributed by atoms with Crippen LogP contribution in [0.4, 0.5) is 30.7 Å². The summed E-state index contributed by atoms with van der Waals surface area (Å²) in [6.45, 7) is 5.86. The summed E-state index contributed by atoms with van der Waals surface area (Å²) in [6, 6.07) is 0. The second kappa shape index (κ2) is 8.87. The van der Waals surface area contributed by atoms with E-state index in [0.29, 0.717) is 6.42 Å². The predicted octanol–water partition coefficient (Wildman–Crippen LogP) is 6.79. The van der Waals surface area contributed by atoms with Gasteiger partial charge in [0.1, 0.15) is 6.10 Å². The fraction of sp³-hybridized carbons (Fsp3) is 1.00. The van der Waals surface area contributed by atoms with Crippen LogP contribution in [0, 0.1) is 0 Å². The van der Waals surface area contributed by atoms with Crippen molar-refractivity contribution in [2.45, 2.75) is 95.6 Å². The van der Waals surface area contributed by atoms with E-state index in [1.807, 2.05) is 0 Å². The van der Waals surface area contributed by atoms with E-state index >= 15 is 0 Å². The Bertz CT molecular complexity index is 364.